The number of halogens is 2. The van der Waals surface area contributed by atoms with Crippen molar-refractivity contribution < 1.29 is 13.9 Å². The van der Waals surface area contributed by atoms with Gasteiger partial charge in [-0.1, -0.05) is 17.7 Å². The smallest absolute Gasteiger partial charge is 0.337 e. The molecule has 0 saturated heterocycles. The Labute approximate surface area is 115 Å². The van der Waals surface area contributed by atoms with Crippen LogP contribution in [0.4, 0.5) is 4.39 Å². The van der Waals surface area contributed by atoms with Crippen LogP contribution >= 0.6 is 11.6 Å². The number of rotatable bonds is 2. The summed E-state index contributed by atoms with van der Waals surface area (Å²) in [4.78, 5) is 11.5. The molecule has 0 N–H and O–H groups in total. The second-order valence-electron chi connectivity index (χ2n) is 4.15. The molecule has 0 spiro atoms. The maximum absolute atomic E-state index is 13.9. The van der Waals surface area contributed by atoms with Crippen LogP contribution in [-0.4, -0.2) is 13.1 Å². The lowest BCUT2D eigenvalue weighted by molar-refractivity contribution is 0.0600. The third-order valence-electron chi connectivity index (χ3n) is 2.87. The van der Waals surface area contributed by atoms with Crippen LogP contribution in [0.2, 0.25) is 5.02 Å². The van der Waals surface area contributed by atoms with Gasteiger partial charge >= 0.3 is 5.97 Å². The Morgan fingerprint density at radius 1 is 1.16 bits per heavy atom. The standard InChI is InChI=1S/C15H12ClFO2/c1-9-7-11(16)4-5-12(9)13-8-10(15(18)19-2)3-6-14(13)17/h3-8H,1-2H3. The van der Waals surface area contributed by atoms with E-state index >= 15 is 0 Å². The molecule has 0 atom stereocenters. The second-order valence-corrected chi connectivity index (χ2v) is 4.58. The molecule has 19 heavy (non-hydrogen) atoms. The maximum atomic E-state index is 13.9. The summed E-state index contributed by atoms with van der Waals surface area (Å²) in [6.45, 7) is 1.84. The monoisotopic (exact) mass is 278 g/mol. The number of aryl methyl sites for hydroxylation is 1. The van der Waals surface area contributed by atoms with Gasteiger partial charge in [-0.3, -0.25) is 0 Å². The minimum Gasteiger partial charge on any atom is -0.465 e. The van der Waals surface area contributed by atoms with E-state index in [2.05, 4.69) is 4.74 Å². The van der Waals surface area contributed by atoms with E-state index in [1.807, 2.05) is 6.92 Å². The maximum Gasteiger partial charge on any atom is 0.337 e. The average molecular weight is 279 g/mol. The average Bonchev–Trinajstić information content (AvgIpc) is 2.39. The number of ether oxygens (including phenoxy) is 1. The zero-order chi connectivity index (χ0) is 14.0. The summed E-state index contributed by atoms with van der Waals surface area (Å²) < 4.78 is 18.6. The van der Waals surface area contributed by atoms with Gasteiger partial charge in [0.25, 0.3) is 0 Å². The van der Waals surface area contributed by atoms with Gasteiger partial charge in [0.1, 0.15) is 5.82 Å². The molecule has 0 aliphatic heterocycles. The molecule has 98 valence electrons. The first-order chi connectivity index (χ1) is 9.02. The van der Waals surface area contributed by atoms with Crippen molar-refractivity contribution in [1.29, 1.82) is 0 Å². The first-order valence-corrected chi connectivity index (χ1v) is 6.05. The van der Waals surface area contributed by atoms with E-state index in [1.54, 1.807) is 18.2 Å². The molecule has 4 heteroatoms. The summed E-state index contributed by atoms with van der Waals surface area (Å²) in [5.74, 6) is -0.883. The first-order valence-electron chi connectivity index (χ1n) is 5.67. The Balaban J connectivity index is 2.57. The first kappa shape index (κ1) is 13.6. The van der Waals surface area contributed by atoms with Crippen LogP contribution in [0.15, 0.2) is 36.4 Å². The fourth-order valence-electron chi connectivity index (χ4n) is 1.91. The predicted molar refractivity (Wildman–Crippen MR) is 72.9 cm³/mol. The van der Waals surface area contributed by atoms with Crippen molar-refractivity contribution in [2.45, 2.75) is 6.92 Å². The lowest BCUT2D eigenvalue weighted by Crippen LogP contribution is -2.02. The molecular formula is C15H12ClFO2. The Hall–Kier alpha value is -1.87. The third-order valence-corrected chi connectivity index (χ3v) is 3.10. The van der Waals surface area contributed by atoms with E-state index in [1.165, 1.54) is 25.3 Å². The van der Waals surface area contributed by atoms with E-state index in [4.69, 9.17) is 11.6 Å². The highest BCUT2D eigenvalue weighted by molar-refractivity contribution is 6.30. The minimum absolute atomic E-state index is 0.313. The molecule has 0 saturated carbocycles. The molecule has 2 rings (SSSR count). The molecule has 0 heterocycles. The second kappa shape index (κ2) is 5.41. The Morgan fingerprint density at radius 2 is 1.89 bits per heavy atom. The van der Waals surface area contributed by atoms with E-state index in [-0.39, 0.29) is 0 Å². The van der Waals surface area contributed by atoms with Crippen LogP contribution in [0.5, 0.6) is 0 Å². The zero-order valence-corrected chi connectivity index (χ0v) is 11.3. The summed E-state index contributed by atoms with van der Waals surface area (Å²) >= 11 is 5.88. The van der Waals surface area contributed by atoms with E-state index in [0.717, 1.165) is 5.56 Å². The van der Waals surface area contributed by atoms with Crippen LogP contribution in [0.1, 0.15) is 15.9 Å². The fraction of sp³-hybridized carbons (Fsp3) is 0.133. The number of hydrogen-bond donors (Lipinski definition) is 0. The summed E-state index contributed by atoms with van der Waals surface area (Å²) in [7, 11) is 1.29. The van der Waals surface area contributed by atoms with E-state index in [9.17, 15) is 9.18 Å². The summed E-state index contributed by atoms with van der Waals surface area (Å²) in [6.07, 6.45) is 0. The largest absolute Gasteiger partial charge is 0.465 e. The minimum atomic E-state index is -0.493. The van der Waals surface area contributed by atoms with Crippen molar-refractivity contribution >= 4 is 17.6 Å². The Bertz CT molecular complexity index is 638. The highest BCUT2D eigenvalue weighted by atomic mass is 35.5. The lowest BCUT2D eigenvalue weighted by Gasteiger charge is -2.09. The Kier molecular flexibility index (Phi) is 3.86. The number of carbonyl (C=O) groups is 1. The van der Waals surface area contributed by atoms with Crippen LogP contribution in [0.25, 0.3) is 11.1 Å². The van der Waals surface area contributed by atoms with Crippen molar-refractivity contribution in [2.75, 3.05) is 7.11 Å². The molecule has 0 aliphatic carbocycles. The van der Waals surface area contributed by atoms with Crippen LogP contribution in [-0.2, 0) is 4.74 Å². The predicted octanol–water partition coefficient (Wildman–Crippen LogP) is 4.24. The van der Waals surface area contributed by atoms with Crippen molar-refractivity contribution in [3.8, 4) is 11.1 Å². The third kappa shape index (κ3) is 2.76. The van der Waals surface area contributed by atoms with Gasteiger partial charge in [-0.2, -0.15) is 0 Å². The molecule has 0 aromatic heterocycles. The van der Waals surface area contributed by atoms with Crippen LogP contribution in [0.3, 0.4) is 0 Å². The molecule has 2 aromatic rings. The van der Waals surface area contributed by atoms with Crippen molar-refractivity contribution in [3.63, 3.8) is 0 Å². The van der Waals surface area contributed by atoms with Gasteiger partial charge in [0, 0.05) is 10.6 Å². The molecule has 0 fully saturated rings. The quantitative estimate of drug-likeness (QED) is 0.768. The van der Waals surface area contributed by atoms with E-state index in [0.29, 0.717) is 21.7 Å². The van der Waals surface area contributed by atoms with Crippen LogP contribution < -0.4 is 0 Å². The van der Waals surface area contributed by atoms with Gasteiger partial charge in [-0.15, -0.1) is 0 Å². The van der Waals surface area contributed by atoms with Crippen molar-refractivity contribution in [2.24, 2.45) is 0 Å². The number of carbonyl (C=O) groups excluding carboxylic acids is 1. The van der Waals surface area contributed by atoms with Gasteiger partial charge in [-0.25, -0.2) is 9.18 Å². The van der Waals surface area contributed by atoms with Crippen LogP contribution in [0, 0.1) is 12.7 Å². The number of esters is 1. The van der Waals surface area contributed by atoms with E-state index < -0.39 is 11.8 Å². The highest BCUT2D eigenvalue weighted by Gasteiger charge is 2.13. The molecule has 0 bridgehead atoms. The summed E-state index contributed by atoms with van der Waals surface area (Å²) in [5.41, 5.74) is 2.21. The van der Waals surface area contributed by atoms with Gasteiger partial charge in [-0.05, 0) is 48.4 Å². The molecule has 0 unspecified atom stereocenters. The molecule has 0 amide bonds. The lowest BCUT2D eigenvalue weighted by atomic mass is 9.98. The number of hydrogen-bond acceptors (Lipinski definition) is 2. The topological polar surface area (TPSA) is 26.3 Å². The normalized spacial score (nSPS) is 10.3. The molecule has 2 aromatic carbocycles. The van der Waals surface area contributed by atoms with Gasteiger partial charge < -0.3 is 4.74 Å². The molecule has 0 radical (unpaired) electrons. The van der Waals surface area contributed by atoms with Gasteiger partial charge in [0.15, 0.2) is 0 Å². The van der Waals surface area contributed by atoms with Gasteiger partial charge in [0.2, 0.25) is 0 Å². The zero-order valence-electron chi connectivity index (χ0n) is 10.5. The van der Waals surface area contributed by atoms with Crippen molar-refractivity contribution in [1.82, 2.24) is 0 Å². The number of benzene rings is 2. The molecular weight excluding hydrogens is 267 g/mol. The SMILES string of the molecule is COC(=O)c1ccc(F)c(-c2ccc(Cl)cc2C)c1. The van der Waals surface area contributed by atoms with Gasteiger partial charge in [0.05, 0.1) is 12.7 Å². The molecule has 2 nitrogen and oxygen atoms in total. The van der Waals surface area contributed by atoms with Crippen molar-refractivity contribution in [3.05, 3.63) is 58.4 Å². The summed E-state index contributed by atoms with van der Waals surface area (Å²) in [6, 6.07) is 9.31. The molecule has 0 aliphatic rings. The fourth-order valence-corrected chi connectivity index (χ4v) is 2.13. The highest BCUT2D eigenvalue weighted by Crippen LogP contribution is 2.29. The Morgan fingerprint density at radius 3 is 2.53 bits per heavy atom. The number of methoxy groups -OCH3 is 1. The summed E-state index contributed by atoms with van der Waals surface area (Å²) in [5, 5.41) is 0.589.